The van der Waals surface area contributed by atoms with Gasteiger partial charge in [0.15, 0.2) is 10.8 Å². The van der Waals surface area contributed by atoms with Crippen LogP contribution in [0.5, 0.6) is 0 Å². The number of fused-ring (bicyclic) bond motifs is 2. The highest BCUT2D eigenvalue weighted by Gasteiger charge is 2.37. The van der Waals surface area contributed by atoms with Gasteiger partial charge in [-0.25, -0.2) is 9.37 Å². The van der Waals surface area contributed by atoms with E-state index in [0.29, 0.717) is 29.0 Å². The van der Waals surface area contributed by atoms with Gasteiger partial charge < -0.3 is 33.9 Å². The molecule has 0 spiro atoms. The second kappa shape index (κ2) is 16.5. The zero-order valence-corrected chi connectivity index (χ0v) is 30.6. The fourth-order valence-electron chi connectivity index (χ4n) is 6.41. The first-order valence-corrected chi connectivity index (χ1v) is 18.7. The predicted octanol–water partition coefficient (Wildman–Crippen LogP) is 6.13. The Labute approximate surface area is 286 Å². The molecule has 0 bridgehead atoms. The van der Waals surface area contributed by atoms with E-state index >= 15 is 0 Å². The van der Waals surface area contributed by atoms with Gasteiger partial charge in [0.25, 0.3) is 0 Å². The van der Waals surface area contributed by atoms with E-state index in [1.807, 2.05) is 12.1 Å². The third-order valence-electron chi connectivity index (χ3n) is 9.01. The minimum absolute atomic E-state index is 0.211. The van der Waals surface area contributed by atoms with Gasteiger partial charge in [-0.2, -0.15) is 0 Å². The first kappa shape index (κ1) is 36.2. The highest BCUT2D eigenvalue weighted by Crippen LogP contribution is 2.43. The fraction of sp³-hybridized carbons (Fsp3) is 0.417. The monoisotopic (exact) mass is 677 g/mol. The lowest BCUT2D eigenvalue weighted by atomic mass is 9.76. The van der Waals surface area contributed by atoms with E-state index in [1.165, 1.54) is 22.5 Å². The van der Waals surface area contributed by atoms with Gasteiger partial charge in [-0.3, -0.25) is 0 Å². The maximum absolute atomic E-state index is 12.8. The molecule has 0 aromatic heterocycles. The lowest BCUT2D eigenvalue weighted by molar-refractivity contribution is -0.519. The van der Waals surface area contributed by atoms with Gasteiger partial charge in [-0.1, -0.05) is 12.1 Å². The first-order valence-electron chi connectivity index (χ1n) is 16.4. The van der Waals surface area contributed by atoms with E-state index in [9.17, 15) is 9.90 Å². The van der Waals surface area contributed by atoms with Crippen LogP contribution in [0.1, 0.15) is 61.2 Å². The van der Waals surface area contributed by atoms with Gasteiger partial charge in [-0.05, 0) is 117 Å². The number of benzene rings is 2. The van der Waals surface area contributed by atoms with Crippen molar-refractivity contribution in [3.63, 3.8) is 0 Å². The average molecular weight is 678 g/mol. The van der Waals surface area contributed by atoms with Crippen molar-refractivity contribution in [2.75, 3.05) is 64.3 Å². The molecule has 2 aliphatic carbocycles. The molecule has 47 heavy (non-hydrogen) atoms. The molecule has 0 atom stereocenters. The Kier molecular flexibility index (Phi) is 12.7. The van der Waals surface area contributed by atoms with Crippen molar-refractivity contribution in [1.82, 2.24) is 5.32 Å². The minimum Gasteiger partial charge on any atom is -0.478 e. The van der Waals surface area contributed by atoms with Gasteiger partial charge in [-0.15, -0.1) is 0 Å². The normalized spacial score (nSPS) is 13.9. The van der Waals surface area contributed by atoms with Crippen LogP contribution in [-0.2, 0) is 19.7 Å². The number of nitrogens with one attached hydrogen (secondary N) is 2. The number of allylic oxidation sites excluding steroid dienone is 5. The van der Waals surface area contributed by atoms with Crippen LogP contribution in [0.25, 0.3) is 5.57 Å². The van der Waals surface area contributed by atoms with Gasteiger partial charge in [0.05, 0.1) is 5.56 Å². The Hall–Kier alpha value is -3.61. The molecule has 0 fully saturated rings. The molecule has 2 aromatic carbocycles. The molecule has 0 aliphatic heterocycles. The smallest absolute Gasteiger partial charge is 0.478 e. The summed E-state index contributed by atoms with van der Waals surface area (Å²) in [7, 11) is 2.13. The van der Waals surface area contributed by atoms with Gasteiger partial charge >= 0.3 is 14.8 Å². The quantitative estimate of drug-likeness (QED) is 0.0891. The molecule has 4 rings (SSSR count). The van der Waals surface area contributed by atoms with Crippen molar-refractivity contribution < 1.29 is 27.8 Å². The summed E-state index contributed by atoms with van der Waals surface area (Å²) in [6.45, 7) is 12.9. The number of carbonyl (C=O) groups is 1. The van der Waals surface area contributed by atoms with E-state index in [1.54, 1.807) is 27.4 Å². The topological polar surface area (TPSA) is 95.3 Å². The molecule has 2 aromatic rings. The Morgan fingerprint density at radius 2 is 1.66 bits per heavy atom. The second-order valence-electron chi connectivity index (χ2n) is 11.4. The molecule has 0 saturated heterocycles. The number of anilines is 2. The van der Waals surface area contributed by atoms with Crippen LogP contribution in [0.2, 0.25) is 6.04 Å². The maximum Gasteiger partial charge on any atom is 0.500 e. The number of carboxylic acids is 1. The number of hydrogen-bond acceptors (Lipinski definition) is 6. The SMILES string of the molecule is CCN(CC)c1ccc2c(c1)CC1=CC(=[N+](CC)CC)C=CC1=C2c1ccc(NC(=S)NCCC[Si](OC)(OC)OC)cc1C(=O)O. The summed E-state index contributed by atoms with van der Waals surface area (Å²) >= 11 is 5.54. The molecule has 252 valence electrons. The Morgan fingerprint density at radius 3 is 2.28 bits per heavy atom. The molecule has 0 amide bonds. The van der Waals surface area contributed by atoms with E-state index in [-0.39, 0.29) is 5.56 Å². The zero-order valence-electron chi connectivity index (χ0n) is 28.7. The third kappa shape index (κ3) is 8.10. The summed E-state index contributed by atoms with van der Waals surface area (Å²) in [6, 6.07) is 12.7. The number of carboxylic acid groups (broad SMARTS) is 1. The van der Waals surface area contributed by atoms with Crippen molar-refractivity contribution in [3.8, 4) is 0 Å². The van der Waals surface area contributed by atoms with Crippen molar-refractivity contribution in [2.24, 2.45) is 0 Å². The molecular weight excluding hydrogens is 629 g/mol. The van der Waals surface area contributed by atoms with Crippen molar-refractivity contribution in [1.29, 1.82) is 0 Å². The molecule has 0 heterocycles. The number of aromatic carboxylic acids is 1. The molecular formula is C36H49N4O5SSi+. The fourth-order valence-corrected chi connectivity index (χ4v) is 8.35. The molecule has 9 nitrogen and oxygen atoms in total. The summed E-state index contributed by atoms with van der Waals surface area (Å²) in [6.07, 6.45) is 8.09. The molecule has 2 aliphatic rings. The van der Waals surface area contributed by atoms with Crippen LogP contribution in [0, 0.1) is 0 Å². The number of thiocarbonyl (C=S) groups is 1. The highest BCUT2D eigenvalue weighted by atomic mass is 32.1. The summed E-state index contributed by atoms with van der Waals surface area (Å²) in [5.74, 6) is -0.997. The van der Waals surface area contributed by atoms with Crippen LogP contribution < -0.4 is 15.5 Å². The van der Waals surface area contributed by atoms with Gasteiger partial charge in [0.1, 0.15) is 13.1 Å². The molecule has 11 heteroatoms. The summed E-state index contributed by atoms with van der Waals surface area (Å²) in [4.78, 5) is 15.2. The van der Waals surface area contributed by atoms with Crippen LogP contribution >= 0.6 is 12.2 Å². The molecule has 0 radical (unpaired) electrons. The zero-order chi connectivity index (χ0) is 34.1. The average Bonchev–Trinajstić information content (AvgIpc) is 3.08. The second-order valence-corrected chi connectivity index (χ2v) is 14.9. The van der Waals surface area contributed by atoms with Crippen LogP contribution in [0.15, 0.2) is 65.8 Å². The van der Waals surface area contributed by atoms with Crippen LogP contribution in [0.4, 0.5) is 11.4 Å². The van der Waals surface area contributed by atoms with E-state index in [4.69, 9.17) is 25.5 Å². The predicted molar refractivity (Wildman–Crippen MR) is 197 cm³/mol. The summed E-state index contributed by atoms with van der Waals surface area (Å²) in [5.41, 5.74) is 9.29. The highest BCUT2D eigenvalue weighted by molar-refractivity contribution is 7.80. The summed E-state index contributed by atoms with van der Waals surface area (Å²) < 4.78 is 18.8. The number of rotatable bonds is 15. The van der Waals surface area contributed by atoms with E-state index < -0.39 is 14.8 Å². The maximum atomic E-state index is 12.8. The standard InChI is InChI=1S/C36H48N4O5SSi/c1-8-39(9-2)28-14-17-30-25(22-28)21-26-23-29(40(10-3)11-4)15-18-31(26)34(30)32-16-13-27(24-33(32)35(41)42)38-36(46)37-19-12-20-47(43-5,44-6)45-7/h13-18,22-24H,8-12,19-21H2,1-7H3,(H2,37,41,42,46)/p+1. The Morgan fingerprint density at radius 1 is 0.979 bits per heavy atom. The Balaban J connectivity index is 1.70. The van der Waals surface area contributed by atoms with Crippen LogP contribution in [-0.4, -0.2) is 89.3 Å². The lowest BCUT2D eigenvalue weighted by Crippen LogP contribution is -2.43. The van der Waals surface area contributed by atoms with Crippen molar-refractivity contribution >= 4 is 54.8 Å². The van der Waals surface area contributed by atoms with Gasteiger partial charge in [0.2, 0.25) is 0 Å². The lowest BCUT2D eigenvalue weighted by Gasteiger charge is -2.29. The van der Waals surface area contributed by atoms with Crippen molar-refractivity contribution in [3.05, 3.63) is 88.0 Å². The molecule has 0 unspecified atom stereocenters. The third-order valence-corrected chi connectivity index (χ3v) is 12.1. The number of nitrogens with zero attached hydrogens (tertiary/aromatic N) is 2. The Bertz CT molecular complexity index is 1590. The first-order chi connectivity index (χ1) is 22.7. The van der Waals surface area contributed by atoms with Crippen LogP contribution in [0.3, 0.4) is 0 Å². The summed E-state index contributed by atoms with van der Waals surface area (Å²) in [5, 5.41) is 17.3. The minimum atomic E-state index is -2.66. The largest absolute Gasteiger partial charge is 0.500 e. The van der Waals surface area contributed by atoms with E-state index in [0.717, 1.165) is 55.7 Å². The molecule has 0 saturated carbocycles. The molecule has 3 N–H and O–H groups in total. The number of hydrogen-bond donors (Lipinski definition) is 3. The van der Waals surface area contributed by atoms with Gasteiger partial charge in [0, 0.05) is 70.5 Å². The van der Waals surface area contributed by atoms with Crippen molar-refractivity contribution in [2.45, 2.75) is 46.6 Å². The van der Waals surface area contributed by atoms with E-state index in [2.05, 4.69) is 84.2 Å².